The van der Waals surface area contributed by atoms with Crippen molar-refractivity contribution in [2.24, 2.45) is 0 Å². The third-order valence-corrected chi connectivity index (χ3v) is 5.94. The second-order valence-electron chi connectivity index (χ2n) is 7.93. The highest BCUT2D eigenvalue weighted by Crippen LogP contribution is 2.38. The molecule has 36 heavy (non-hydrogen) atoms. The fraction of sp³-hybridized carbons (Fsp3) is 0.115. The molecular formula is C26H17BrF5NO3. The molecule has 4 aromatic rings. The lowest BCUT2D eigenvalue weighted by Crippen LogP contribution is -2.10. The van der Waals surface area contributed by atoms with Crippen LogP contribution in [-0.4, -0.2) is 15.6 Å². The average molecular weight is 566 g/mol. The average Bonchev–Trinajstić information content (AvgIpc) is 3.19. The number of aromatic nitrogens is 1. The van der Waals surface area contributed by atoms with Gasteiger partial charge < -0.3 is 14.4 Å². The molecule has 0 amide bonds. The lowest BCUT2D eigenvalue weighted by atomic mass is 10.1. The van der Waals surface area contributed by atoms with Crippen LogP contribution in [0.3, 0.4) is 0 Å². The van der Waals surface area contributed by atoms with Gasteiger partial charge in [0, 0.05) is 33.0 Å². The maximum Gasteiger partial charge on any atom is 0.416 e. The lowest BCUT2D eigenvalue weighted by Gasteiger charge is -2.18. The van der Waals surface area contributed by atoms with Crippen molar-refractivity contribution in [2.45, 2.75) is 19.7 Å². The van der Waals surface area contributed by atoms with Crippen LogP contribution in [0.2, 0.25) is 0 Å². The van der Waals surface area contributed by atoms with Gasteiger partial charge in [-0.05, 0) is 67.6 Å². The number of aryl methyl sites for hydroxylation is 1. The second-order valence-corrected chi connectivity index (χ2v) is 8.85. The molecule has 0 unspecified atom stereocenters. The molecule has 0 aliphatic carbocycles. The van der Waals surface area contributed by atoms with E-state index in [1.807, 2.05) is 0 Å². The molecule has 1 heterocycles. The van der Waals surface area contributed by atoms with Crippen molar-refractivity contribution < 1.29 is 36.6 Å². The molecule has 0 radical (unpaired) electrons. The van der Waals surface area contributed by atoms with E-state index in [1.54, 1.807) is 37.3 Å². The Hall–Kier alpha value is -3.66. The molecule has 0 saturated heterocycles. The summed E-state index contributed by atoms with van der Waals surface area (Å²) in [7, 11) is 0. The number of carboxylic acids is 1. The summed E-state index contributed by atoms with van der Waals surface area (Å²) < 4.78 is 75.9. The Labute approximate surface area is 210 Å². The van der Waals surface area contributed by atoms with Gasteiger partial charge in [0.05, 0.1) is 16.8 Å². The number of halogens is 6. The van der Waals surface area contributed by atoms with Gasteiger partial charge in [-0.2, -0.15) is 13.2 Å². The number of nitrogens with zero attached hydrogens (tertiary/aromatic N) is 1. The molecule has 0 atom stereocenters. The highest BCUT2D eigenvalue weighted by atomic mass is 79.9. The van der Waals surface area contributed by atoms with Crippen LogP contribution in [-0.2, 0) is 12.8 Å². The van der Waals surface area contributed by atoms with Crippen molar-refractivity contribution in [1.82, 2.24) is 4.57 Å². The van der Waals surface area contributed by atoms with E-state index < -0.39 is 34.9 Å². The van der Waals surface area contributed by atoms with Crippen LogP contribution in [0.25, 0.3) is 16.9 Å². The van der Waals surface area contributed by atoms with Crippen molar-refractivity contribution >= 4 is 21.9 Å². The summed E-state index contributed by atoms with van der Waals surface area (Å²) >= 11 is 3.37. The first kappa shape index (κ1) is 25.4. The zero-order valence-electron chi connectivity index (χ0n) is 18.5. The summed E-state index contributed by atoms with van der Waals surface area (Å²) in [6, 6.07) is 14.0. The molecule has 10 heteroatoms. The standard InChI is InChI=1S/C26H17BrF5NO3/c1-14-2-6-23(33(14)20-9-16(25(34)35)8-17(10-20)26(30,31)32)21-11-18(27)4-7-24(21)36-13-15-3-5-19(28)12-22(15)29/h2-12H,13H2,1H3,(H,34,35). The molecule has 0 aliphatic heterocycles. The van der Waals surface area contributed by atoms with Crippen LogP contribution in [0.5, 0.6) is 5.75 Å². The van der Waals surface area contributed by atoms with Crippen molar-refractivity contribution in [2.75, 3.05) is 0 Å². The molecule has 1 N–H and O–H groups in total. The molecule has 0 spiro atoms. The number of alkyl halides is 3. The van der Waals surface area contributed by atoms with E-state index >= 15 is 0 Å². The fourth-order valence-corrected chi connectivity index (χ4v) is 4.10. The summed E-state index contributed by atoms with van der Waals surface area (Å²) in [6.45, 7) is 1.43. The lowest BCUT2D eigenvalue weighted by molar-refractivity contribution is -0.137. The molecule has 4 nitrogen and oxygen atoms in total. The van der Waals surface area contributed by atoms with Crippen molar-refractivity contribution in [1.29, 1.82) is 0 Å². The van der Waals surface area contributed by atoms with Crippen LogP contribution >= 0.6 is 15.9 Å². The van der Waals surface area contributed by atoms with E-state index in [4.69, 9.17) is 4.74 Å². The number of benzene rings is 3. The minimum absolute atomic E-state index is 0.00442. The Bertz CT molecular complexity index is 1460. The first-order valence-electron chi connectivity index (χ1n) is 10.4. The second kappa shape index (κ2) is 9.77. The SMILES string of the molecule is Cc1ccc(-c2cc(Br)ccc2OCc2ccc(F)cc2F)n1-c1cc(C(=O)O)cc(C(F)(F)F)c1. The number of carbonyl (C=O) groups is 1. The van der Waals surface area contributed by atoms with Gasteiger partial charge in [0.1, 0.15) is 24.0 Å². The largest absolute Gasteiger partial charge is 0.488 e. The van der Waals surface area contributed by atoms with E-state index in [0.29, 0.717) is 27.5 Å². The number of carboxylic acid groups (broad SMARTS) is 1. The number of rotatable bonds is 6. The third-order valence-electron chi connectivity index (χ3n) is 5.44. The van der Waals surface area contributed by atoms with Gasteiger partial charge >= 0.3 is 12.1 Å². The zero-order valence-corrected chi connectivity index (χ0v) is 20.1. The summed E-state index contributed by atoms with van der Waals surface area (Å²) in [4.78, 5) is 11.6. The highest BCUT2D eigenvalue weighted by molar-refractivity contribution is 9.10. The topological polar surface area (TPSA) is 51.5 Å². The third kappa shape index (κ3) is 5.28. The number of hydrogen-bond donors (Lipinski definition) is 1. The van der Waals surface area contributed by atoms with Gasteiger partial charge in [-0.25, -0.2) is 13.6 Å². The minimum Gasteiger partial charge on any atom is -0.488 e. The zero-order chi connectivity index (χ0) is 26.2. The van der Waals surface area contributed by atoms with E-state index in [0.717, 1.165) is 24.3 Å². The quantitative estimate of drug-likeness (QED) is 0.243. The van der Waals surface area contributed by atoms with Gasteiger partial charge in [0.25, 0.3) is 0 Å². The van der Waals surface area contributed by atoms with Crippen molar-refractivity contribution in [3.05, 3.63) is 105 Å². The Morgan fingerprint density at radius 1 is 1.00 bits per heavy atom. The number of aromatic carboxylic acids is 1. The smallest absolute Gasteiger partial charge is 0.416 e. The molecular weight excluding hydrogens is 549 g/mol. The summed E-state index contributed by atoms with van der Waals surface area (Å²) in [5.74, 6) is -2.72. The molecule has 3 aromatic carbocycles. The molecule has 0 saturated carbocycles. The summed E-state index contributed by atoms with van der Waals surface area (Å²) in [5.41, 5.74) is -0.106. The van der Waals surface area contributed by atoms with E-state index in [2.05, 4.69) is 15.9 Å². The molecule has 0 fully saturated rings. The van der Waals surface area contributed by atoms with Gasteiger partial charge in [0.15, 0.2) is 0 Å². The molecule has 186 valence electrons. The van der Waals surface area contributed by atoms with Gasteiger partial charge in [0.2, 0.25) is 0 Å². The van der Waals surface area contributed by atoms with E-state index in [-0.39, 0.29) is 23.6 Å². The normalized spacial score (nSPS) is 11.5. The predicted octanol–water partition coefficient (Wildman–Crippen LogP) is 7.79. The molecule has 0 bridgehead atoms. The van der Waals surface area contributed by atoms with Gasteiger partial charge in [-0.1, -0.05) is 15.9 Å². The number of ether oxygens (including phenoxy) is 1. The maximum atomic E-state index is 14.1. The van der Waals surface area contributed by atoms with Crippen molar-refractivity contribution in [3.63, 3.8) is 0 Å². The van der Waals surface area contributed by atoms with Crippen LogP contribution in [0, 0.1) is 18.6 Å². The van der Waals surface area contributed by atoms with Crippen LogP contribution < -0.4 is 4.74 Å². The van der Waals surface area contributed by atoms with Gasteiger partial charge in [-0.15, -0.1) is 0 Å². The van der Waals surface area contributed by atoms with E-state index in [9.17, 15) is 31.9 Å². The Morgan fingerprint density at radius 2 is 1.75 bits per heavy atom. The molecule has 4 rings (SSSR count). The first-order chi connectivity index (χ1) is 16.9. The summed E-state index contributed by atoms with van der Waals surface area (Å²) in [6.07, 6.45) is -4.76. The Kier molecular flexibility index (Phi) is 6.90. The first-order valence-corrected chi connectivity index (χ1v) is 11.2. The Balaban J connectivity index is 1.82. The van der Waals surface area contributed by atoms with Crippen LogP contribution in [0.1, 0.15) is 27.2 Å². The minimum atomic E-state index is -4.76. The van der Waals surface area contributed by atoms with Gasteiger partial charge in [-0.3, -0.25) is 0 Å². The summed E-state index contributed by atoms with van der Waals surface area (Å²) in [5, 5.41) is 9.39. The Morgan fingerprint density at radius 3 is 2.42 bits per heavy atom. The van der Waals surface area contributed by atoms with Crippen molar-refractivity contribution in [3.8, 4) is 22.7 Å². The van der Waals surface area contributed by atoms with E-state index in [1.165, 1.54) is 10.6 Å². The fourth-order valence-electron chi connectivity index (χ4n) is 3.74. The molecule has 0 aliphatic rings. The highest BCUT2D eigenvalue weighted by Gasteiger charge is 2.32. The number of hydrogen-bond acceptors (Lipinski definition) is 2. The monoisotopic (exact) mass is 565 g/mol. The maximum absolute atomic E-state index is 14.1. The predicted molar refractivity (Wildman–Crippen MR) is 126 cm³/mol. The van der Waals surface area contributed by atoms with Crippen LogP contribution in [0.4, 0.5) is 22.0 Å². The van der Waals surface area contributed by atoms with Crippen LogP contribution in [0.15, 0.2) is 71.2 Å². The molecule has 1 aromatic heterocycles.